The lowest BCUT2D eigenvalue weighted by atomic mass is 10.1. The Bertz CT molecular complexity index is 506. The number of unbranched alkanes of at least 4 members (excludes halogenated alkanes) is 7. The zero-order valence-corrected chi connectivity index (χ0v) is 15.3. The Hall–Kier alpha value is -1.90. The minimum atomic E-state index is 0.00439. The highest BCUT2D eigenvalue weighted by molar-refractivity contribution is 5.86. The summed E-state index contributed by atoms with van der Waals surface area (Å²) in [6, 6.07) is 10.1. The van der Waals surface area contributed by atoms with Crippen LogP contribution < -0.4 is 5.43 Å². The minimum Gasteiger partial charge on any atom is -0.273 e. The van der Waals surface area contributed by atoms with Crippen LogP contribution in [-0.2, 0) is 4.79 Å². The quantitative estimate of drug-likeness (QED) is 0.297. The summed E-state index contributed by atoms with van der Waals surface area (Å²) in [5, 5.41) is 4.02. The van der Waals surface area contributed by atoms with E-state index in [1.807, 2.05) is 43.3 Å². The molecule has 0 bridgehead atoms. The number of benzene rings is 1. The zero-order valence-electron chi connectivity index (χ0n) is 15.3. The molecule has 0 aliphatic heterocycles. The van der Waals surface area contributed by atoms with Gasteiger partial charge in [0, 0.05) is 6.42 Å². The van der Waals surface area contributed by atoms with E-state index in [0.717, 1.165) is 24.0 Å². The van der Waals surface area contributed by atoms with Crippen LogP contribution in [-0.4, -0.2) is 12.1 Å². The van der Waals surface area contributed by atoms with Gasteiger partial charge in [0.05, 0.1) is 6.21 Å². The predicted octanol–water partition coefficient (Wildman–Crippen LogP) is 5.72. The van der Waals surface area contributed by atoms with E-state index in [1.54, 1.807) is 6.21 Å². The molecule has 1 rings (SSSR count). The molecular weight excluding hydrogens is 296 g/mol. The molecule has 0 fully saturated rings. The maximum absolute atomic E-state index is 11.7. The fraction of sp³-hybridized carbons (Fsp3) is 0.524. The molecule has 0 atom stereocenters. The molecule has 0 saturated carbocycles. The SMILES string of the molecule is CCCCCCCCCCC(=O)NN=CC(C)=Cc1ccccc1. The zero-order chi connectivity index (χ0) is 17.5. The van der Waals surface area contributed by atoms with E-state index >= 15 is 0 Å². The Morgan fingerprint density at radius 3 is 2.29 bits per heavy atom. The number of hydrogen-bond donors (Lipinski definition) is 1. The van der Waals surface area contributed by atoms with Gasteiger partial charge in [-0.15, -0.1) is 0 Å². The molecular formula is C21H32N2O. The number of nitrogens with zero attached hydrogens (tertiary/aromatic N) is 1. The molecule has 0 radical (unpaired) electrons. The largest absolute Gasteiger partial charge is 0.273 e. The lowest BCUT2D eigenvalue weighted by Gasteiger charge is -2.01. The number of hydrazone groups is 1. The Morgan fingerprint density at radius 2 is 1.62 bits per heavy atom. The first-order valence-corrected chi connectivity index (χ1v) is 9.27. The number of amides is 1. The van der Waals surface area contributed by atoms with Crippen molar-refractivity contribution < 1.29 is 4.79 Å². The van der Waals surface area contributed by atoms with Crippen molar-refractivity contribution in [3.8, 4) is 0 Å². The van der Waals surface area contributed by atoms with E-state index in [1.165, 1.54) is 38.5 Å². The van der Waals surface area contributed by atoms with Crippen LogP contribution in [0.15, 0.2) is 41.0 Å². The molecule has 1 aromatic rings. The first-order valence-electron chi connectivity index (χ1n) is 9.27. The van der Waals surface area contributed by atoms with E-state index < -0.39 is 0 Å². The van der Waals surface area contributed by atoms with E-state index in [0.29, 0.717) is 6.42 Å². The van der Waals surface area contributed by atoms with Crippen molar-refractivity contribution >= 4 is 18.2 Å². The Balaban J connectivity index is 2.09. The first kappa shape index (κ1) is 20.1. The molecule has 24 heavy (non-hydrogen) atoms. The fourth-order valence-corrected chi connectivity index (χ4v) is 2.53. The van der Waals surface area contributed by atoms with Gasteiger partial charge in [-0.05, 0) is 24.5 Å². The van der Waals surface area contributed by atoms with Crippen molar-refractivity contribution in [3.05, 3.63) is 41.5 Å². The van der Waals surface area contributed by atoms with Crippen molar-refractivity contribution in [1.29, 1.82) is 0 Å². The van der Waals surface area contributed by atoms with Gasteiger partial charge in [0.25, 0.3) is 0 Å². The third kappa shape index (κ3) is 10.8. The lowest BCUT2D eigenvalue weighted by molar-refractivity contribution is -0.121. The number of nitrogens with one attached hydrogen (secondary N) is 1. The summed E-state index contributed by atoms with van der Waals surface area (Å²) in [5.74, 6) is 0.00439. The van der Waals surface area contributed by atoms with Crippen LogP contribution in [0.5, 0.6) is 0 Å². The van der Waals surface area contributed by atoms with Crippen molar-refractivity contribution in [1.82, 2.24) is 5.43 Å². The van der Waals surface area contributed by atoms with Crippen LogP contribution >= 0.6 is 0 Å². The van der Waals surface area contributed by atoms with Crippen molar-refractivity contribution in [2.75, 3.05) is 0 Å². The summed E-state index contributed by atoms with van der Waals surface area (Å²) >= 11 is 0. The molecule has 1 amide bonds. The van der Waals surface area contributed by atoms with Gasteiger partial charge in [-0.25, -0.2) is 5.43 Å². The van der Waals surface area contributed by atoms with Crippen molar-refractivity contribution in [3.63, 3.8) is 0 Å². The van der Waals surface area contributed by atoms with Crippen LogP contribution in [0.25, 0.3) is 6.08 Å². The molecule has 0 unspecified atom stereocenters. The number of hydrogen-bond acceptors (Lipinski definition) is 2. The summed E-state index contributed by atoms with van der Waals surface area (Å²) in [7, 11) is 0. The number of rotatable bonds is 12. The van der Waals surface area contributed by atoms with Gasteiger partial charge in [0.2, 0.25) is 5.91 Å². The second-order valence-corrected chi connectivity index (χ2v) is 6.32. The monoisotopic (exact) mass is 328 g/mol. The predicted molar refractivity (Wildman–Crippen MR) is 104 cm³/mol. The van der Waals surface area contributed by atoms with Gasteiger partial charge in [0.15, 0.2) is 0 Å². The topological polar surface area (TPSA) is 41.5 Å². The highest BCUT2D eigenvalue weighted by Gasteiger charge is 1.99. The van der Waals surface area contributed by atoms with Crippen molar-refractivity contribution in [2.45, 2.75) is 71.6 Å². The standard InChI is InChI=1S/C21H32N2O/c1-3-4-5-6-7-8-9-13-16-21(24)23-22-18-19(2)17-20-14-11-10-12-15-20/h10-12,14-15,17-18H,3-9,13,16H2,1-2H3,(H,23,24). The lowest BCUT2D eigenvalue weighted by Crippen LogP contribution is -2.16. The van der Waals surface area contributed by atoms with Crippen molar-refractivity contribution in [2.24, 2.45) is 5.10 Å². The molecule has 0 heterocycles. The summed E-state index contributed by atoms with van der Waals surface area (Å²) in [6.45, 7) is 4.21. The van der Waals surface area contributed by atoms with E-state index in [9.17, 15) is 4.79 Å². The maximum atomic E-state index is 11.7. The van der Waals surface area contributed by atoms with Gasteiger partial charge in [-0.3, -0.25) is 4.79 Å². The molecule has 132 valence electrons. The third-order valence-electron chi connectivity index (χ3n) is 3.91. The third-order valence-corrected chi connectivity index (χ3v) is 3.91. The fourth-order valence-electron chi connectivity index (χ4n) is 2.53. The average molecular weight is 329 g/mol. The van der Waals surface area contributed by atoms with E-state index in [2.05, 4.69) is 17.5 Å². The van der Waals surface area contributed by atoms with Gasteiger partial charge in [-0.1, -0.05) is 88.3 Å². The minimum absolute atomic E-state index is 0.00439. The summed E-state index contributed by atoms with van der Waals surface area (Å²) < 4.78 is 0. The second kappa shape index (κ2) is 13.5. The molecule has 3 heteroatoms. The van der Waals surface area contributed by atoms with Gasteiger partial charge in [0.1, 0.15) is 0 Å². The average Bonchev–Trinajstić information content (AvgIpc) is 2.58. The van der Waals surface area contributed by atoms with Gasteiger partial charge in [-0.2, -0.15) is 5.10 Å². The van der Waals surface area contributed by atoms with Crippen LogP contribution in [0.1, 0.15) is 77.2 Å². The van der Waals surface area contributed by atoms with E-state index in [-0.39, 0.29) is 5.91 Å². The smallest absolute Gasteiger partial charge is 0.240 e. The Labute approximate surface area is 147 Å². The molecule has 1 aromatic carbocycles. The molecule has 0 aliphatic carbocycles. The number of carbonyl (C=O) groups excluding carboxylic acids is 1. The molecule has 0 aliphatic rings. The van der Waals surface area contributed by atoms with Crippen LogP contribution in [0, 0.1) is 0 Å². The maximum Gasteiger partial charge on any atom is 0.240 e. The number of allylic oxidation sites excluding steroid dienone is 1. The first-order chi connectivity index (χ1) is 11.7. The van der Waals surface area contributed by atoms with Crippen LogP contribution in [0.3, 0.4) is 0 Å². The van der Waals surface area contributed by atoms with Crippen LogP contribution in [0.4, 0.5) is 0 Å². The summed E-state index contributed by atoms with van der Waals surface area (Å²) in [5.41, 5.74) is 4.75. The summed E-state index contributed by atoms with van der Waals surface area (Å²) in [4.78, 5) is 11.7. The second-order valence-electron chi connectivity index (χ2n) is 6.32. The Morgan fingerprint density at radius 1 is 1.00 bits per heavy atom. The normalized spacial score (nSPS) is 11.8. The van der Waals surface area contributed by atoms with Gasteiger partial charge >= 0.3 is 0 Å². The van der Waals surface area contributed by atoms with Crippen LogP contribution in [0.2, 0.25) is 0 Å². The summed E-state index contributed by atoms with van der Waals surface area (Å²) in [6.07, 6.45) is 14.2. The number of carbonyl (C=O) groups is 1. The van der Waals surface area contributed by atoms with E-state index in [4.69, 9.17) is 0 Å². The molecule has 3 nitrogen and oxygen atoms in total. The molecule has 0 aromatic heterocycles. The highest BCUT2D eigenvalue weighted by Crippen LogP contribution is 2.09. The Kier molecular flexibility index (Phi) is 11.4. The molecule has 1 N–H and O–H groups in total. The van der Waals surface area contributed by atoms with Gasteiger partial charge < -0.3 is 0 Å². The highest BCUT2D eigenvalue weighted by atomic mass is 16.2. The molecule has 0 saturated heterocycles. The molecule has 0 spiro atoms.